The van der Waals surface area contributed by atoms with E-state index in [1.54, 1.807) is 59.0 Å². The minimum Gasteiger partial charge on any atom is -1.00 e. The molecule has 7 aromatic rings. The summed E-state index contributed by atoms with van der Waals surface area (Å²) in [6.07, 6.45) is 11.3. The summed E-state index contributed by atoms with van der Waals surface area (Å²) in [5.74, 6) is 0.898. The Morgan fingerprint density at radius 2 is 1.35 bits per heavy atom. The van der Waals surface area contributed by atoms with Gasteiger partial charge in [-0.05, 0) is 63.1 Å². The summed E-state index contributed by atoms with van der Waals surface area (Å²) in [5, 5.41) is 3.48. The largest absolute Gasteiger partial charge is 1.00 e. The third-order valence-electron chi connectivity index (χ3n) is 14.2. The first-order valence-electron chi connectivity index (χ1n) is 23.8. The Balaban J connectivity index is 0.000000176. The molecule has 0 amide bonds. The number of quaternary nitrogens is 1. The Morgan fingerprint density at radius 3 is 1.92 bits per heavy atom. The van der Waals surface area contributed by atoms with E-state index in [4.69, 9.17) is 25.3 Å². The quantitative estimate of drug-likeness (QED) is 0.0412. The molecule has 4 aliphatic heterocycles. The monoisotopic (exact) mass is 1070 g/mol. The highest BCUT2D eigenvalue weighted by atomic mass is 35.5. The van der Waals surface area contributed by atoms with E-state index in [1.165, 1.54) is 85.9 Å². The van der Waals surface area contributed by atoms with Gasteiger partial charge >= 0.3 is 30.0 Å². The molecule has 4 atom stereocenters. The molecule has 4 saturated heterocycles. The molecule has 9 heterocycles. The molecule has 2 aromatic carbocycles. The predicted octanol–water partition coefficient (Wildman–Crippen LogP) is -0.465. The van der Waals surface area contributed by atoms with Gasteiger partial charge in [0.1, 0.15) is 35.3 Å². The molecule has 4 aliphatic rings. The van der Waals surface area contributed by atoms with E-state index in [-0.39, 0.29) is 59.5 Å². The van der Waals surface area contributed by atoms with Gasteiger partial charge in [-0.3, -0.25) is 30.1 Å². The van der Waals surface area contributed by atoms with Crippen LogP contribution in [0.4, 0.5) is 32.3 Å². The number of carbonyl (C=O) groups excluding carboxylic acids is 1. The van der Waals surface area contributed by atoms with Crippen LogP contribution >= 0.6 is 0 Å². The van der Waals surface area contributed by atoms with Crippen molar-refractivity contribution in [2.24, 2.45) is 11.5 Å². The number of nitrogens with one attached hydrogen (secondary N) is 3. The molecule has 0 radical (unpaired) electrons. The van der Waals surface area contributed by atoms with Crippen LogP contribution in [0.5, 0.6) is 0 Å². The van der Waals surface area contributed by atoms with Crippen LogP contribution < -0.4 is 51.5 Å². The lowest BCUT2D eigenvalue weighted by Crippen LogP contribution is -3.16. The maximum Gasteiger partial charge on any atom is 0.416 e. The number of ketones is 1. The minimum absolute atomic E-state index is 0. The number of nitrogens with two attached hydrogens (primary N) is 2. The highest BCUT2D eigenvalue weighted by molar-refractivity contribution is 6.08. The third-order valence-corrected chi connectivity index (χ3v) is 14.2. The summed E-state index contributed by atoms with van der Waals surface area (Å²) < 4.78 is 92.6. The van der Waals surface area contributed by atoms with Crippen molar-refractivity contribution in [3.63, 3.8) is 0 Å². The van der Waals surface area contributed by atoms with Gasteiger partial charge < -0.3 is 53.7 Å². The van der Waals surface area contributed by atoms with Crippen LogP contribution in [0.1, 0.15) is 73.0 Å². The zero-order valence-electron chi connectivity index (χ0n) is 40.8. The van der Waals surface area contributed by atoms with Crippen molar-refractivity contribution in [2.75, 3.05) is 33.5 Å². The molecule has 4 bridgehead atoms. The number of hydrogen-bond donors (Lipinski definition) is 5. The predicted molar refractivity (Wildman–Crippen MR) is 256 cm³/mol. The zero-order valence-corrected chi connectivity index (χ0v) is 42.4. The van der Waals surface area contributed by atoms with E-state index in [0.717, 1.165) is 49.2 Å². The number of rotatable bonds is 9. The van der Waals surface area contributed by atoms with E-state index >= 15 is 0 Å². The standard InChI is InChI=1S/C24H23F3N6O.C17H14F3N3O2.C9H18N4.2ClH/c1-32-17-5-6-18(32)13-16(12-17)29-22-28-8-7-19(30-22)21-20(31-23-33(21)9-10-34-23)14-3-2-4-15(11-14)24(25,26)27;1-22(2)7-6-13(24)15-14(21-16-23(15)8-9-25-16)11-4-3-5-12(10-11)17(18,19)20;1-13-7-2-3-8(13)5-6(4-7)12-9(10)11;;/h2-4,7-11,16-18H,5-6,12-13H2,1H3,(H,28,29,30);3-10H,1-2H3;6-8H,2-5H2,1H3,(H4,10,11,12);2*1H. The number of carbonyl (C=O) groups is 1. The second-order valence-corrected chi connectivity index (χ2v) is 19.1. The van der Waals surface area contributed by atoms with Gasteiger partial charge in [0, 0.05) is 99.9 Å². The molecule has 0 spiro atoms. The molecule has 74 heavy (non-hydrogen) atoms. The Labute approximate surface area is 434 Å². The fourth-order valence-corrected chi connectivity index (χ4v) is 10.6. The molecule has 396 valence electrons. The number of fused-ring (bicyclic) bond motifs is 6. The highest BCUT2D eigenvalue weighted by Gasteiger charge is 2.43. The van der Waals surface area contributed by atoms with Crippen molar-refractivity contribution in [1.82, 2.24) is 38.5 Å². The first kappa shape index (κ1) is 55.1. The van der Waals surface area contributed by atoms with Crippen LogP contribution in [0.2, 0.25) is 0 Å². The smallest absolute Gasteiger partial charge is 0.416 e. The highest BCUT2D eigenvalue weighted by Crippen LogP contribution is 2.39. The van der Waals surface area contributed by atoms with E-state index in [2.05, 4.69) is 44.3 Å². The number of hydrogen-bond acceptors (Lipinski definition) is 10. The van der Waals surface area contributed by atoms with E-state index in [0.29, 0.717) is 52.7 Å². The average Bonchev–Trinajstić information content (AvgIpc) is 4.18. The van der Waals surface area contributed by atoms with Crippen LogP contribution in [-0.4, -0.2) is 115 Å². The Bertz CT molecular complexity index is 3080. The number of allylic oxidation sites excluding steroid dienone is 1. The van der Waals surface area contributed by atoms with Crippen LogP contribution in [0.3, 0.4) is 0 Å². The number of guanidine groups is 1. The van der Waals surface area contributed by atoms with Gasteiger partial charge in [0.05, 0.1) is 42.0 Å². The number of piperidine rings is 2. The topological polar surface area (TPSA) is 193 Å². The second kappa shape index (κ2) is 22.5. The van der Waals surface area contributed by atoms with Gasteiger partial charge in [0.2, 0.25) is 11.7 Å². The van der Waals surface area contributed by atoms with Crippen molar-refractivity contribution in [2.45, 2.75) is 100.0 Å². The lowest BCUT2D eigenvalue weighted by atomic mass is 9.98. The maximum atomic E-state index is 13.3. The Kier molecular flexibility index (Phi) is 16.7. The molecule has 4 unspecified atom stereocenters. The summed E-state index contributed by atoms with van der Waals surface area (Å²) in [6, 6.07) is 15.2. The van der Waals surface area contributed by atoms with Crippen molar-refractivity contribution < 1.29 is 74.7 Å². The summed E-state index contributed by atoms with van der Waals surface area (Å²) in [7, 11) is 8.01. The third kappa shape index (κ3) is 12.0. The number of oxazole rings is 2. The molecule has 7 N–H and O–H groups in total. The fourth-order valence-electron chi connectivity index (χ4n) is 10.6. The van der Waals surface area contributed by atoms with Crippen molar-refractivity contribution in [1.29, 1.82) is 0 Å². The first-order valence-corrected chi connectivity index (χ1v) is 23.8. The summed E-state index contributed by atoms with van der Waals surface area (Å²) in [6.45, 7) is 0. The van der Waals surface area contributed by atoms with Crippen LogP contribution in [0.25, 0.3) is 45.6 Å². The number of aromatic nitrogens is 6. The number of nitrogens with zero attached hydrogens (tertiary/aromatic N) is 8. The number of benzene rings is 2. The first-order chi connectivity index (χ1) is 34.3. The maximum absolute atomic E-state index is 13.3. The van der Waals surface area contributed by atoms with Crippen molar-refractivity contribution in [3.8, 4) is 33.9 Å². The van der Waals surface area contributed by atoms with Gasteiger partial charge in [-0.2, -0.15) is 36.3 Å². The fraction of sp³-hybridized carbons (Fsp3) is 0.400. The van der Waals surface area contributed by atoms with Gasteiger partial charge in [0.15, 0.2) is 0 Å². The number of alkyl halides is 6. The SMILES string of the molecule is CN(C)C=CC(=O)c1c(-c2cccc(C(F)(F)F)c2)nc2occn12.CN1C2CCC1CC(Nc1nccc(-c3c(-c4cccc(C(F)(F)F)c4)nc4occn34)n1)C2.C[NH+]1C2CCC1CC([NH+]=C(N)N)C2.[Cl-].[Cl-]. The number of anilines is 1. The molecule has 0 aliphatic carbocycles. The molecular formula is C50H57Cl2F6N13O3. The van der Waals surface area contributed by atoms with E-state index < -0.39 is 29.3 Å². The van der Waals surface area contributed by atoms with E-state index in [9.17, 15) is 31.1 Å². The summed E-state index contributed by atoms with van der Waals surface area (Å²) in [5.41, 5.74) is 11.6. The van der Waals surface area contributed by atoms with Crippen LogP contribution in [0.15, 0.2) is 107 Å². The van der Waals surface area contributed by atoms with Gasteiger partial charge in [-0.1, -0.05) is 24.3 Å². The van der Waals surface area contributed by atoms with Gasteiger partial charge in [-0.15, -0.1) is 0 Å². The lowest BCUT2D eigenvalue weighted by Gasteiger charge is -2.36. The molecule has 11 rings (SSSR count). The lowest BCUT2D eigenvalue weighted by molar-refractivity contribution is -0.927. The van der Waals surface area contributed by atoms with E-state index in [1.807, 2.05) is 0 Å². The van der Waals surface area contributed by atoms with Crippen LogP contribution in [0, 0.1) is 0 Å². The van der Waals surface area contributed by atoms with Gasteiger partial charge in [-0.25, -0.2) is 9.97 Å². The van der Waals surface area contributed by atoms with Crippen molar-refractivity contribution in [3.05, 3.63) is 115 Å². The Morgan fingerprint density at radius 1 is 0.797 bits per heavy atom. The zero-order chi connectivity index (χ0) is 51.1. The molecule has 0 saturated carbocycles. The average molecular weight is 1070 g/mol. The number of halogens is 8. The van der Waals surface area contributed by atoms with Gasteiger partial charge in [0.25, 0.3) is 0 Å². The normalized spacial score (nSPS) is 22.3. The van der Waals surface area contributed by atoms with Crippen molar-refractivity contribution >= 4 is 29.4 Å². The number of imidazole rings is 2. The molecule has 16 nitrogen and oxygen atoms in total. The minimum atomic E-state index is -4.48. The second-order valence-electron chi connectivity index (χ2n) is 19.1. The molecule has 4 fully saturated rings. The summed E-state index contributed by atoms with van der Waals surface area (Å²) >= 11 is 0. The molecular weight excluding hydrogens is 1020 g/mol. The molecule has 5 aromatic heterocycles. The Hall–Kier alpha value is -6.62. The van der Waals surface area contributed by atoms with Crippen LogP contribution in [-0.2, 0) is 12.4 Å². The summed E-state index contributed by atoms with van der Waals surface area (Å²) in [4.78, 5) is 39.4. The molecule has 24 heteroatoms.